The summed E-state index contributed by atoms with van der Waals surface area (Å²) in [5, 5.41) is 3.36. The number of halogens is 1. The van der Waals surface area contributed by atoms with E-state index in [1.165, 1.54) is 0 Å². The van der Waals surface area contributed by atoms with Crippen molar-refractivity contribution in [2.75, 3.05) is 12.4 Å². The molecule has 3 nitrogen and oxygen atoms in total. The van der Waals surface area contributed by atoms with Crippen LogP contribution in [0.1, 0.15) is 13.8 Å². The molecule has 2 atom stereocenters. The molecule has 0 bridgehead atoms. The lowest BCUT2D eigenvalue weighted by molar-refractivity contribution is 0.418. The maximum Gasteiger partial charge on any atom is 0.250 e. The van der Waals surface area contributed by atoms with Crippen LogP contribution in [0.15, 0.2) is 29.2 Å². The number of rotatable bonds is 6. The molecule has 0 aliphatic rings. The van der Waals surface area contributed by atoms with Gasteiger partial charge in [0, 0.05) is 37.3 Å². The molecule has 1 heterocycles. The van der Waals surface area contributed by atoms with E-state index >= 15 is 0 Å². The zero-order valence-electron chi connectivity index (χ0n) is 9.82. The number of nitrogens with one attached hydrogen (secondary N) is 1. The van der Waals surface area contributed by atoms with Gasteiger partial charge in [0.15, 0.2) is 0 Å². The Kier molecular flexibility index (Phi) is 5.56. The van der Waals surface area contributed by atoms with E-state index in [-0.39, 0.29) is 5.56 Å². The van der Waals surface area contributed by atoms with Crippen LogP contribution >= 0.6 is 11.6 Å². The molecule has 1 aromatic heterocycles. The highest BCUT2D eigenvalue weighted by Crippen LogP contribution is 2.03. The average molecular weight is 243 g/mol. The summed E-state index contributed by atoms with van der Waals surface area (Å²) in [5.41, 5.74) is 0.0438. The van der Waals surface area contributed by atoms with E-state index in [0.717, 1.165) is 6.54 Å². The van der Waals surface area contributed by atoms with Crippen LogP contribution in [0.2, 0.25) is 0 Å². The molecule has 90 valence electrons. The summed E-state index contributed by atoms with van der Waals surface area (Å²) in [6.07, 6.45) is 1.81. The first-order valence-corrected chi connectivity index (χ1v) is 6.13. The van der Waals surface area contributed by atoms with Crippen LogP contribution in [-0.2, 0) is 6.54 Å². The van der Waals surface area contributed by atoms with Crippen molar-refractivity contribution in [2.45, 2.75) is 26.4 Å². The lowest BCUT2D eigenvalue weighted by atomic mass is 10.1. The van der Waals surface area contributed by atoms with E-state index in [4.69, 9.17) is 11.6 Å². The molecule has 1 N–H and O–H groups in total. The standard InChI is InChI=1S/C12H19ClN2O/c1-10(9-13)11(2)14-6-8-15-7-4-3-5-12(15)16/h3-5,7,10-11,14H,6,8-9H2,1-2H3. The molecule has 0 amide bonds. The quantitative estimate of drug-likeness (QED) is 0.771. The van der Waals surface area contributed by atoms with Crippen LogP contribution < -0.4 is 10.9 Å². The molecule has 0 spiro atoms. The smallest absolute Gasteiger partial charge is 0.250 e. The van der Waals surface area contributed by atoms with E-state index in [0.29, 0.717) is 24.4 Å². The summed E-state index contributed by atoms with van der Waals surface area (Å²) in [6, 6.07) is 5.57. The molecule has 0 aliphatic carbocycles. The fourth-order valence-corrected chi connectivity index (χ4v) is 1.66. The van der Waals surface area contributed by atoms with Crippen molar-refractivity contribution in [1.82, 2.24) is 9.88 Å². The molecular weight excluding hydrogens is 224 g/mol. The molecule has 0 aliphatic heterocycles. The number of hydrogen-bond donors (Lipinski definition) is 1. The summed E-state index contributed by atoms with van der Waals surface area (Å²) >= 11 is 5.77. The monoisotopic (exact) mass is 242 g/mol. The van der Waals surface area contributed by atoms with Gasteiger partial charge in [0.2, 0.25) is 0 Å². The van der Waals surface area contributed by atoms with E-state index in [2.05, 4.69) is 19.2 Å². The van der Waals surface area contributed by atoms with Crippen molar-refractivity contribution < 1.29 is 0 Å². The summed E-state index contributed by atoms with van der Waals surface area (Å²) in [4.78, 5) is 11.4. The highest BCUT2D eigenvalue weighted by molar-refractivity contribution is 6.18. The van der Waals surface area contributed by atoms with Crippen LogP contribution in [-0.4, -0.2) is 23.0 Å². The van der Waals surface area contributed by atoms with E-state index in [1.54, 1.807) is 22.9 Å². The largest absolute Gasteiger partial charge is 0.314 e. The Morgan fingerprint density at radius 2 is 2.19 bits per heavy atom. The van der Waals surface area contributed by atoms with Crippen LogP contribution in [0.4, 0.5) is 0 Å². The second kappa shape index (κ2) is 6.71. The van der Waals surface area contributed by atoms with Gasteiger partial charge in [-0.1, -0.05) is 13.0 Å². The Morgan fingerprint density at radius 3 is 2.81 bits per heavy atom. The maximum atomic E-state index is 11.4. The number of aromatic nitrogens is 1. The fourth-order valence-electron chi connectivity index (χ4n) is 1.39. The third-order valence-electron chi connectivity index (χ3n) is 2.81. The fraction of sp³-hybridized carbons (Fsp3) is 0.583. The zero-order chi connectivity index (χ0) is 12.0. The molecule has 1 rings (SSSR count). The number of nitrogens with zero attached hydrogens (tertiary/aromatic N) is 1. The van der Waals surface area contributed by atoms with Crippen molar-refractivity contribution in [2.24, 2.45) is 5.92 Å². The summed E-state index contributed by atoms with van der Waals surface area (Å²) in [6.45, 7) is 5.70. The van der Waals surface area contributed by atoms with Crippen LogP contribution in [0.5, 0.6) is 0 Å². The normalized spacial score (nSPS) is 14.7. The lowest BCUT2D eigenvalue weighted by Gasteiger charge is -2.19. The second-order valence-electron chi connectivity index (χ2n) is 4.11. The summed E-state index contributed by atoms with van der Waals surface area (Å²) in [7, 11) is 0. The number of hydrogen-bond acceptors (Lipinski definition) is 2. The lowest BCUT2D eigenvalue weighted by Crippen LogP contribution is -2.36. The maximum absolute atomic E-state index is 11.4. The molecule has 0 saturated carbocycles. The highest BCUT2D eigenvalue weighted by atomic mass is 35.5. The van der Waals surface area contributed by atoms with Crippen LogP contribution in [0, 0.1) is 5.92 Å². The first-order valence-electron chi connectivity index (χ1n) is 5.60. The van der Waals surface area contributed by atoms with Crippen molar-refractivity contribution >= 4 is 11.6 Å². The van der Waals surface area contributed by atoms with Crippen molar-refractivity contribution in [3.05, 3.63) is 34.7 Å². The van der Waals surface area contributed by atoms with Crippen molar-refractivity contribution in [3.8, 4) is 0 Å². The van der Waals surface area contributed by atoms with Gasteiger partial charge in [0.25, 0.3) is 5.56 Å². The molecule has 1 aromatic rings. The van der Waals surface area contributed by atoms with Crippen molar-refractivity contribution in [3.63, 3.8) is 0 Å². The first-order chi connectivity index (χ1) is 7.65. The highest BCUT2D eigenvalue weighted by Gasteiger charge is 2.09. The van der Waals surface area contributed by atoms with Crippen molar-refractivity contribution in [1.29, 1.82) is 0 Å². The van der Waals surface area contributed by atoms with E-state index in [1.807, 2.05) is 6.07 Å². The topological polar surface area (TPSA) is 34.0 Å². The predicted octanol–water partition coefficient (Wildman–Crippen LogP) is 1.70. The van der Waals surface area contributed by atoms with Gasteiger partial charge in [-0.05, 0) is 18.9 Å². The van der Waals surface area contributed by atoms with Crippen LogP contribution in [0.3, 0.4) is 0 Å². The molecule has 2 unspecified atom stereocenters. The van der Waals surface area contributed by atoms with E-state index in [9.17, 15) is 4.79 Å². The summed E-state index contributed by atoms with van der Waals surface area (Å²) < 4.78 is 1.70. The van der Waals surface area contributed by atoms with Gasteiger partial charge < -0.3 is 9.88 Å². The van der Waals surface area contributed by atoms with Crippen LogP contribution in [0.25, 0.3) is 0 Å². The van der Waals surface area contributed by atoms with Gasteiger partial charge in [-0.2, -0.15) is 0 Å². The van der Waals surface area contributed by atoms with Gasteiger partial charge in [-0.25, -0.2) is 0 Å². The molecule has 0 saturated heterocycles. The predicted molar refractivity (Wildman–Crippen MR) is 68.1 cm³/mol. The Hall–Kier alpha value is -0.800. The van der Waals surface area contributed by atoms with Gasteiger partial charge in [0.1, 0.15) is 0 Å². The van der Waals surface area contributed by atoms with Gasteiger partial charge in [-0.3, -0.25) is 4.79 Å². The minimum atomic E-state index is 0.0438. The first kappa shape index (κ1) is 13.3. The zero-order valence-corrected chi connectivity index (χ0v) is 10.6. The van der Waals surface area contributed by atoms with E-state index < -0.39 is 0 Å². The SMILES string of the molecule is CC(CCl)C(C)NCCn1ccccc1=O. The Balaban J connectivity index is 2.36. The molecule has 0 radical (unpaired) electrons. The third-order valence-corrected chi connectivity index (χ3v) is 3.30. The minimum Gasteiger partial charge on any atom is -0.314 e. The van der Waals surface area contributed by atoms with Gasteiger partial charge >= 0.3 is 0 Å². The second-order valence-corrected chi connectivity index (χ2v) is 4.42. The number of pyridine rings is 1. The molecule has 0 aromatic carbocycles. The molecular formula is C12H19ClN2O. The van der Waals surface area contributed by atoms with Gasteiger partial charge in [0.05, 0.1) is 0 Å². The average Bonchev–Trinajstić information content (AvgIpc) is 2.30. The summed E-state index contributed by atoms with van der Waals surface area (Å²) in [5.74, 6) is 1.09. The minimum absolute atomic E-state index is 0.0438. The molecule has 4 heteroatoms. The number of alkyl halides is 1. The Morgan fingerprint density at radius 1 is 1.44 bits per heavy atom. The third kappa shape index (κ3) is 3.99. The Labute approximate surface area is 101 Å². The Bertz CT molecular complexity index is 364. The molecule has 16 heavy (non-hydrogen) atoms. The van der Waals surface area contributed by atoms with Gasteiger partial charge in [-0.15, -0.1) is 11.6 Å². The molecule has 0 fully saturated rings.